The summed E-state index contributed by atoms with van der Waals surface area (Å²) in [6, 6.07) is 4.34. The van der Waals surface area contributed by atoms with Crippen LogP contribution < -0.4 is 9.46 Å². The second-order valence-electron chi connectivity index (χ2n) is 3.99. The van der Waals surface area contributed by atoms with Crippen LogP contribution in [0.4, 0.5) is 18.9 Å². The first kappa shape index (κ1) is 17.1. The summed E-state index contributed by atoms with van der Waals surface area (Å²) in [5.41, 5.74) is -0.105. The van der Waals surface area contributed by atoms with E-state index in [-0.39, 0.29) is 18.5 Å². The van der Waals surface area contributed by atoms with E-state index in [0.29, 0.717) is 0 Å². The van der Waals surface area contributed by atoms with Crippen molar-refractivity contribution in [3.8, 4) is 5.75 Å². The predicted octanol–water partition coefficient (Wildman–Crippen LogP) is 2.19. The molecule has 0 spiro atoms. The highest BCUT2D eigenvalue weighted by atomic mass is 32.2. The number of ether oxygens (including phenoxy) is 1. The molecule has 0 atom stereocenters. The molecular formula is C11H12F3NO5S. The highest BCUT2D eigenvalue weighted by Crippen LogP contribution is 2.25. The van der Waals surface area contributed by atoms with Crippen LogP contribution in [-0.4, -0.2) is 31.6 Å². The lowest BCUT2D eigenvalue weighted by atomic mass is 10.3. The molecule has 0 radical (unpaired) electrons. The van der Waals surface area contributed by atoms with Gasteiger partial charge in [-0.3, -0.25) is 9.52 Å². The highest BCUT2D eigenvalue weighted by Gasteiger charge is 2.31. The van der Waals surface area contributed by atoms with Crippen molar-refractivity contribution < 1.29 is 36.2 Å². The van der Waals surface area contributed by atoms with Crippen molar-refractivity contribution in [3.63, 3.8) is 0 Å². The molecule has 0 bridgehead atoms. The summed E-state index contributed by atoms with van der Waals surface area (Å²) >= 11 is 0. The molecule has 2 N–H and O–H groups in total. The minimum absolute atomic E-state index is 0.105. The quantitative estimate of drug-likeness (QED) is 0.801. The van der Waals surface area contributed by atoms with Crippen molar-refractivity contribution in [2.45, 2.75) is 19.2 Å². The van der Waals surface area contributed by atoms with Gasteiger partial charge in [0.1, 0.15) is 5.75 Å². The largest absolute Gasteiger partial charge is 0.573 e. The number of hydrogen-bond donors (Lipinski definition) is 2. The van der Waals surface area contributed by atoms with E-state index in [1.807, 2.05) is 0 Å². The molecule has 0 amide bonds. The third-order valence-corrected chi connectivity index (χ3v) is 3.52. The fourth-order valence-electron chi connectivity index (χ4n) is 1.40. The molecule has 118 valence electrons. The van der Waals surface area contributed by atoms with Crippen LogP contribution in [0.25, 0.3) is 0 Å². The molecular weight excluding hydrogens is 315 g/mol. The predicted molar refractivity (Wildman–Crippen MR) is 67.4 cm³/mol. The maximum atomic E-state index is 12.0. The second kappa shape index (κ2) is 6.66. The van der Waals surface area contributed by atoms with Crippen LogP contribution in [0.2, 0.25) is 0 Å². The van der Waals surface area contributed by atoms with E-state index in [1.165, 1.54) is 12.1 Å². The molecule has 0 aliphatic carbocycles. The Morgan fingerprint density at radius 3 is 2.57 bits per heavy atom. The Morgan fingerprint density at radius 2 is 2.00 bits per heavy atom. The molecule has 1 aromatic rings. The summed E-state index contributed by atoms with van der Waals surface area (Å²) in [4.78, 5) is 10.3. The molecule has 0 fully saturated rings. The molecule has 21 heavy (non-hydrogen) atoms. The molecule has 0 aliphatic heterocycles. The fourth-order valence-corrected chi connectivity index (χ4v) is 2.51. The van der Waals surface area contributed by atoms with Gasteiger partial charge in [0.25, 0.3) is 0 Å². The number of alkyl halides is 3. The summed E-state index contributed by atoms with van der Waals surface area (Å²) in [6.07, 6.45) is -5.31. The first-order chi connectivity index (χ1) is 9.57. The van der Waals surface area contributed by atoms with Gasteiger partial charge in [0.05, 0.1) is 11.4 Å². The van der Waals surface area contributed by atoms with Gasteiger partial charge in [0, 0.05) is 12.5 Å². The SMILES string of the molecule is O=C(O)CCCS(=O)(=O)Nc1cccc(OC(F)(F)F)c1. The number of halogens is 3. The minimum atomic E-state index is -4.88. The first-order valence-electron chi connectivity index (χ1n) is 5.65. The van der Waals surface area contributed by atoms with Gasteiger partial charge in [0.2, 0.25) is 10.0 Å². The molecule has 6 nitrogen and oxygen atoms in total. The Balaban J connectivity index is 2.69. The Morgan fingerprint density at radius 1 is 1.33 bits per heavy atom. The summed E-state index contributed by atoms with van der Waals surface area (Å²) in [5.74, 6) is -2.15. The summed E-state index contributed by atoms with van der Waals surface area (Å²) in [7, 11) is -3.84. The lowest BCUT2D eigenvalue weighted by Gasteiger charge is -2.11. The van der Waals surface area contributed by atoms with Crippen LogP contribution in [0, 0.1) is 0 Å². The van der Waals surface area contributed by atoms with Crippen LogP contribution in [0.1, 0.15) is 12.8 Å². The topological polar surface area (TPSA) is 92.7 Å². The van der Waals surface area contributed by atoms with E-state index in [4.69, 9.17) is 5.11 Å². The van der Waals surface area contributed by atoms with Crippen LogP contribution >= 0.6 is 0 Å². The van der Waals surface area contributed by atoms with Crippen molar-refractivity contribution in [3.05, 3.63) is 24.3 Å². The van der Waals surface area contributed by atoms with E-state index < -0.39 is 33.9 Å². The molecule has 1 rings (SSSR count). The third-order valence-electron chi connectivity index (χ3n) is 2.14. The number of sulfonamides is 1. The summed E-state index contributed by atoms with van der Waals surface area (Å²) < 4.78 is 65.0. The Bertz CT molecular complexity index is 600. The highest BCUT2D eigenvalue weighted by molar-refractivity contribution is 7.92. The molecule has 0 aliphatic rings. The van der Waals surface area contributed by atoms with Gasteiger partial charge in [-0.25, -0.2) is 8.42 Å². The second-order valence-corrected chi connectivity index (χ2v) is 5.84. The van der Waals surface area contributed by atoms with Crippen molar-refractivity contribution in [1.29, 1.82) is 0 Å². The Kier molecular flexibility index (Phi) is 5.41. The van der Waals surface area contributed by atoms with Gasteiger partial charge in [0.15, 0.2) is 0 Å². The van der Waals surface area contributed by atoms with Gasteiger partial charge < -0.3 is 9.84 Å². The minimum Gasteiger partial charge on any atom is -0.481 e. The number of rotatable bonds is 7. The molecule has 1 aromatic carbocycles. The monoisotopic (exact) mass is 327 g/mol. The lowest BCUT2D eigenvalue weighted by molar-refractivity contribution is -0.274. The number of carbonyl (C=O) groups is 1. The van der Waals surface area contributed by atoms with Crippen LogP contribution in [-0.2, 0) is 14.8 Å². The van der Waals surface area contributed by atoms with E-state index in [1.54, 1.807) is 0 Å². The number of benzene rings is 1. The average Bonchev–Trinajstić information content (AvgIpc) is 2.24. The number of aliphatic carboxylic acids is 1. The van der Waals surface area contributed by atoms with Crippen LogP contribution in [0.15, 0.2) is 24.3 Å². The zero-order valence-electron chi connectivity index (χ0n) is 10.6. The van der Waals surface area contributed by atoms with Crippen molar-refractivity contribution in [2.75, 3.05) is 10.5 Å². The molecule has 10 heteroatoms. The maximum absolute atomic E-state index is 12.0. The van der Waals surface area contributed by atoms with E-state index >= 15 is 0 Å². The van der Waals surface area contributed by atoms with E-state index in [9.17, 15) is 26.4 Å². The van der Waals surface area contributed by atoms with Crippen LogP contribution in [0.3, 0.4) is 0 Å². The standard InChI is InChI=1S/C11H12F3NO5S/c12-11(13,14)20-9-4-1-3-8(7-9)15-21(18,19)6-2-5-10(16)17/h1,3-4,7,15H,2,5-6H2,(H,16,17). The molecule has 0 heterocycles. The van der Waals surface area contributed by atoms with Gasteiger partial charge in [-0.05, 0) is 18.6 Å². The number of anilines is 1. The number of hydrogen-bond acceptors (Lipinski definition) is 4. The fraction of sp³-hybridized carbons (Fsp3) is 0.364. The van der Waals surface area contributed by atoms with E-state index in [0.717, 1.165) is 12.1 Å². The average molecular weight is 327 g/mol. The maximum Gasteiger partial charge on any atom is 0.573 e. The van der Waals surface area contributed by atoms with Gasteiger partial charge in [-0.2, -0.15) is 0 Å². The smallest absolute Gasteiger partial charge is 0.481 e. The molecule has 0 aromatic heterocycles. The number of carboxylic acid groups (broad SMARTS) is 1. The Labute approximate surface area is 118 Å². The third kappa shape index (κ3) is 7.40. The molecule has 0 saturated heterocycles. The lowest BCUT2D eigenvalue weighted by Crippen LogP contribution is -2.19. The van der Waals surface area contributed by atoms with Crippen molar-refractivity contribution in [1.82, 2.24) is 0 Å². The van der Waals surface area contributed by atoms with Gasteiger partial charge in [-0.15, -0.1) is 13.2 Å². The number of carboxylic acids is 1. The van der Waals surface area contributed by atoms with Crippen LogP contribution in [0.5, 0.6) is 5.75 Å². The van der Waals surface area contributed by atoms with E-state index in [2.05, 4.69) is 9.46 Å². The summed E-state index contributed by atoms with van der Waals surface area (Å²) in [5, 5.41) is 8.41. The number of nitrogens with one attached hydrogen (secondary N) is 1. The Hall–Kier alpha value is -1.97. The zero-order valence-corrected chi connectivity index (χ0v) is 11.4. The van der Waals surface area contributed by atoms with Gasteiger partial charge in [-0.1, -0.05) is 6.07 Å². The summed E-state index contributed by atoms with van der Waals surface area (Å²) in [6.45, 7) is 0. The van der Waals surface area contributed by atoms with Crippen molar-refractivity contribution >= 4 is 21.7 Å². The molecule has 0 saturated carbocycles. The normalized spacial score (nSPS) is 12.0. The zero-order chi connectivity index (χ0) is 16.1. The molecule has 0 unspecified atom stereocenters. The van der Waals surface area contributed by atoms with Gasteiger partial charge >= 0.3 is 12.3 Å². The first-order valence-corrected chi connectivity index (χ1v) is 7.31. The van der Waals surface area contributed by atoms with Crippen molar-refractivity contribution in [2.24, 2.45) is 0 Å².